The molecule has 0 radical (unpaired) electrons. The van der Waals surface area contributed by atoms with Gasteiger partial charge in [0.1, 0.15) is 5.69 Å². The summed E-state index contributed by atoms with van der Waals surface area (Å²) in [7, 11) is 4.96. The fraction of sp³-hybridized carbons (Fsp3) is 0.188. The van der Waals surface area contributed by atoms with Gasteiger partial charge in [-0.25, -0.2) is 9.97 Å². The number of amides is 3. The third kappa shape index (κ3) is 3.56. The van der Waals surface area contributed by atoms with Crippen LogP contribution in [0.5, 0.6) is 0 Å². The standard InChI is InChI=1S/C16H18N8O3/c1-22-5-4-18-13(22)15(26)21-11-8-24(3)14(20-11)16(27)19-9-6-10(12(17)25)23(2)7-9/h4-8H,1-3H3,(H2,17,25)(H,19,27)(H,21,26). The lowest BCUT2D eigenvalue weighted by molar-refractivity contribution is 0.0988. The minimum atomic E-state index is -0.603. The summed E-state index contributed by atoms with van der Waals surface area (Å²) in [4.78, 5) is 44.0. The van der Waals surface area contributed by atoms with Crippen LogP contribution >= 0.6 is 0 Å². The summed E-state index contributed by atoms with van der Waals surface area (Å²) in [6.07, 6.45) is 6.22. The van der Waals surface area contributed by atoms with Crippen molar-refractivity contribution in [2.75, 3.05) is 10.6 Å². The number of hydrogen-bond donors (Lipinski definition) is 3. The Hall–Kier alpha value is -3.89. The van der Waals surface area contributed by atoms with E-state index >= 15 is 0 Å². The third-order valence-corrected chi connectivity index (χ3v) is 3.86. The molecule has 0 unspecified atom stereocenters. The Morgan fingerprint density at radius 3 is 2.26 bits per heavy atom. The lowest BCUT2D eigenvalue weighted by Crippen LogP contribution is -2.18. The van der Waals surface area contributed by atoms with E-state index < -0.39 is 17.7 Å². The summed E-state index contributed by atoms with van der Waals surface area (Å²) >= 11 is 0. The summed E-state index contributed by atoms with van der Waals surface area (Å²) in [6, 6.07) is 1.47. The van der Waals surface area contributed by atoms with Crippen molar-refractivity contribution in [2.24, 2.45) is 26.9 Å². The van der Waals surface area contributed by atoms with Crippen LogP contribution < -0.4 is 16.4 Å². The lowest BCUT2D eigenvalue weighted by atomic mass is 10.4. The minimum absolute atomic E-state index is 0.0784. The molecule has 3 aromatic rings. The van der Waals surface area contributed by atoms with Gasteiger partial charge in [-0.2, -0.15) is 0 Å². The summed E-state index contributed by atoms with van der Waals surface area (Å²) in [5.41, 5.74) is 5.92. The van der Waals surface area contributed by atoms with Crippen LogP contribution in [0.25, 0.3) is 0 Å². The second-order valence-electron chi connectivity index (χ2n) is 5.92. The molecular weight excluding hydrogens is 352 g/mol. The Bertz CT molecular complexity index is 1040. The molecule has 3 rings (SSSR count). The third-order valence-electron chi connectivity index (χ3n) is 3.86. The molecule has 140 valence electrons. The fourth-order valence-corrected chi connectivity index (χ4v) is 2.56. The Morgan fingerprint density at radius 1 is 0.963 bits per heavy atom. The maximum atomic E-state index is 12.5. The van der Waals surface area contributed by atoms with Crippen LogP contribution in [-0.4, -0.2) is 41.4 Å². The lowest BCUT2D eigenvalue weighted by Gasteiger charge is -2.02. The van der Waals surface area contributed by atoms with E-state index in [0.29, 0.717) is 5.69 Å². The first-order chi connectivity index (χ1) is 12.8. The number of anilines is 2. The van der Waals surface area contributed by atoms with E-state index in [-0.39, 0.29) is 23.2 Å². The molecule has 11 heteroatoms. The second-order valence-corrected chi connectivity index (χ2v) is 5.92. The van der Waals surface area contributed by atoms with Crippen LogP contribution in [-0.2, 0) is 21.1 Å². The normalized spacial score (nSPS) is 10.6. The zero-order valence-corrected chi connectivity index (χ0v) is 14.9. The van der Waals surface area contributed by atoms with E-state index in [1.165, 1.54) is 27.6 Å². The zero-order valence-electron chi connectivity index (χ0n) is 14.9. The molecule has 0 aromatic carbocycles. The maximum Gasteiger partial charge on any atom is 0.292 e. The molecule has 27 heavy (non-hydrogen) atoms. The van der Waals surface area contributed by atoms with Gasteiger partial charge in [-0.3, -0.25) is 14.4 Å². The topological polar surface area (TPSA) is 142 Å². The van der Waals surface area contributed by atoms with Crippen LogP contribution in [0.15, 0.2) is 30.9 Å². The van der Waals surface area contributed by atoms with Gasteiger partial charge in [-0.15, -0.1) is 0 Å². The number of carbonyl (C=O) groups excluding carboxylic acids is 3. The number of aryl methyl sites for hydroxylation is 3. The van der Waals surface area contributed by atoms with E-state index in [0.717, 1.165) is 0 Å². The average Bonchev–Trinajstić information content (AvgIpc) is 3.26. The predicted octanol–water partition coefficient (Wildman–Crippen LogP) is 0.0956. The molecule has 0 spiro atoms. The van der Waals surface area contributed by atoms with Crippen molar-refractivity contribution < 1.29 is 14.4 Å². The first-order valence-corrected chi connectivity index (χ1v) is 7.86. The molecule has 11 nitrogen and oxygen atoms in total. The smallest absolute Gasteiger partial charge is 0.292 e. The van der Waals surface area contributed by atoms with Crippen molar-refractivity contribution >= 4 is 29.2 Å². The number of hydrogen-bond acceptors (Lipinski definition) is 5. The van der Waals surface area contributed by atoms with Gasteiger partial charge in [0.15, 0.2) is 11.6 Å². The maximum absolute atomic E-state index is 12.5. The van der Waals surface area contributed by atoms with Gasteiger partial charge in [0, 0.05) is 45.9 Å². The molecule has 3 heterocycles. The molecule has 0 saturated carbocycles. The van der Waals surface area contributed by atoms with Gasteiger partial charge in [0.25, 0.3) is 17.7 Å². The number of nitrogens with one attached hydrogen (secondary N) is 2. The highest BCUT2D eigenvalue weighted by Crippen LogP contribution is 2.15. The summed E-state index contributed by atoms with van der Waals surface area (Å²) < 4.78 is 4.55. The second kappa shape index (κ2) is 6.78. The minimum Gasteiger partial charge on any atom is -0.364 e. The van der Waals surface area contributed by atoms with E-state index in [9.17, 15) is 14.4 Å². The van der Waals surface area contributed by atoms with E-state index in [1.807, 2.05) is 0 Å². The molecule has 0 aliphatic carbocycles. The molecule has 0 atom stereocenters. The first kappa shape index (κ1) is 17.9. The number of nitrogens with zero attached hydrogens (tertiary/aromatic N) is 5. The molecule has 0 aliphatic rings. The van der Waals surface area contributed by atoms with Gasteiger partial charge in [0.2, 0.25) is 5.82 Å². The number of aromatic nitrogens is 5. The summed E-state index contributed by atoms with van der Waals surface area (Å²) in [5.74, 6) is -1.04. The zero-order chi connectivity index (χ0) is 19.7. The highest BCUT2D eigenvalue weighted by atomic mass is 16.2. The van der Waals surface area contributed by atoms with E-state index in [4.69, 9.17) is 5.73 Å². The van der Waals surface area contributed by atoms with Gasteiger partial charge >= 0.3 is 0 Å². The van der Waals surface area contributed by atoms with Crippen LogP contribution in [0.2, 0.25) is 0 Å². The largest absolute Gasteiger partial charge is 0.364 e. The average molecular weight is 370 g/mol. The highest BCUT2D eigenvalue weighted by molar-refractivity contribution is 6.04. The van der Waals surface area contributed by atoms with Crippen molar-refractivity contribution in [3.63, 3.8) is 0 Å². The van der Waals surface area contributed by atoms with Crippen LogP contribution in [0.4, 0.5) is 11.5 Å². The Kier molecular flexibility index (Phi) is 4.50. The fourth-order valence-electron chi connectivity index (χ4n) is 2.56. The number of primary amides is 1. The molecule has 3 aromatic heterocycles. The van der Waals surface area contributed by atoms with E-state index in [1.54, 1.807) is 38.1 Å². The highest BCUT2D eigenvalue weighted by Gasteiger charge is 2.18. The molecule has 0 aliphatic heterocycles. The molecular formula is C16H18N8O3. The van der Waals surface area contributed by atoms with Crippen LogP contribution in [0.3, 0.4) is 0 Å². The quantitative estimate of drug-likeness (QED) is 0.584. The summed E-state index contributed by atoms with van der Waals surface area (Å²) in [5, 5.41) is 5.23. The number of imidazole rings is 2. The van der Waals surface area contributed by atoms with Crippen molar-refractivity contribution in [3.8, 4) is 0 Å². The van der Waals surface area contributed by atoms with Gasteiger partial charge in [-0.1, -0.05) is 0 Å². The molecule has 0 bridgehead atoms. The van der Waals surface area contributed by atoms with Crippen molar-refractivity contribution in [3.05, 3.63) is 48.2 Å². The van der Waals surface area contributed by atoms with Crippen LogP contribution in [0.1, 0.15) is 31.7 Å². The number of rotatable bonds is 5. The number of carbonyl (C=O) groups is 3. The predicted molar refractivity (Wildman–Crippen MR) is 96.3 cm³/mol. The van der Waals surface area contributed by atoms with Gasteiger partial charge in [0.05, 0.1) is 5.69 Å². The van der Waals surface area contributed by atoms with Gasteiger partial charge in [-0.05, 0) is 6.07 Å². The van der Waals surface area contributed by atoms with Crippen LogP contribution in [0, 0.1) is 0 Å². The Balaban J connectivity index is 1.75. The molecule has 0 saturated heterocycles. The first-order valence-electron chi connectivity index (χ1n) is 7.86. The van der Waals surface area contributed by atoms with Crippen molar-refractivity contribution in [2.45, 2.75) is 0 Å². The number of nitrogens with two attached hydrogens (primary N) is 1. The molecule has 3 amide bonds. The molecule has 0 fully saturated rings. The molecule has 4 N–H and O–H groups in total. The van der Waals surface area contributed by atoms with E-state index in [2.05, 4.69) is 20.6 Å². The van der Waals surface area contributed by atoms with Crippen molar-refractivity contribution in [1.29, 1.82) is 0 Å². The SMILES string of the molecule is Cn1cc(NC(=O)c2nc(NC(=O)c3nccn3C)cn2C)cc1C(N)=O. The Morgan fingerprint density at radius 2 is 1.67 bits per heavy atom. The van der Waals surface area contributed by atoms with Gasteiger partial charge < -0.3 is 30.1 Å². The monoisotopic (exact) mass is 370 g/mol. The summed E-state index contributed by atoms with van der Waals surface area (Å²) in [6.45, 7) is 0. The van der Waals surface area contributed by atoms with Crippen molar-refractivity contribution in [1.82, 2.24) is 23.7 Å². The Labute approximate surface area is 153 Å².